The first-order chi connectivity index (χ1) is 8.93. The first-order valence-electron chi connectivity index (χ1n) is 6.70. The van der Waals surface area contributed by atoms with Crippen molar-refractivity contribution in [3.8, 4) is 5.75 Å². The van der Waals surface area contributed by atoms with Gasteiger partial charge < -0.3 is 10.1 Å². The molecule has 0 amide bonds. The normalized spacial score (nSPS) is 19.8. The Morgan fingerprint density at radius 1 is 1.17 bits per heavy atom. The minimum absolute atomic E-state index is 0.778. The molecule has 0 unspecified atom stereocenters. The predicted molar refractivity (Wildman–Crippen MR) is 73.4 cm³/mol. The Morgan fingerprint density at radius 2 is 2.00 bits per heavy atom. The number of para-hydroxylation sites is 2. The van der Waals surface area contributed by atoms with Crippen molar-refractivity contribution in [2.24, 2.45) is 5.10 Å². The van der Waals surface area contributed by atoms with Gasteiger partial charge in [0, 0.05) is 44.6 Å². The molecular weight excluding hydrogens is 226 g/mol. The summed E-state index contributed by atoms with van der Waals surface area (Å²) >= 11 is 0. The van der Waals surface area contributed by atoms with Crippen molar-refractivity contribution in [2.75, 3.05) is 31.3 Å². The Balaban J connectivity index is 1.87. The summed E-state index contributed by atoms with van der Waals surface area (Å²) in [6.07, 6.45) is 3.13. The molecule has 2 aliphatic heterocycles. The standard InChI is InChI=1S/C14H19N3O/c1-2-5-14-13(4-1)17(10-3-11-18-14)16-12-6-8-15-9-7-12/h1-2,4-5,15H,3,6-11H2. The van der Waals surface area contributed by atoms with Crippen LogP contribution in [0, 0.1) is 0 Å². The molecule has 3 rings (SSSR count). The fraction of sp³-hybridized carbons (Fsp3) is 0.500. The van der Waals surface area contributed by atoms with Crippen LogP contribution < -0.4 is 15.1 Å². The monoisotopic (exact) mass is 245 g/mol. The number of fused-ring (bicyclic) bond motifs is 1. The van der Waals surface area contributed by atoms with E-state index in [9.17, 15) is 0 Å². The Hall–Kier alpha value is -1.55. The van der Waals surface area contributed by atoms with E-state index in [1.807, 2.05) is 18.2 Å². The molecule has 2 heterocycles. The molecule has 2 aliphatic rings. The van der Waals surface area contributed by atoms with E-state index in [2.05, 4.69) is 16.4 Å². The van der Waals surface area contributed by atoms with Crippen molar-refractivity contribution in [1.82, 2.24) is 5.32 Å². The molecule has 0 saturated carbocycles. The summed E-state index contributed by atoms with van der Waals surface area (Å²) in [6, 6.07) is 8.17. The van der Waals surface area contributed by atoms with Gasteiger partial charge in [-0.1, -0.05) is 12.1 Å². The number of benzene rings is 1. The van der Waals surface area contributed by atoms with Crippen molar-refractivity contribution >= 4 is 11.4 Å². The second-order valence-corrected chi connectivity index (χ2v) is 4.71. The molecule has 1 fully saturated rings. The van der Waals surface area contributed by atoms with E-state index in [-0.39, 0.29) is 0 Å². The second-order valence-electron chi connectivity index (χ2n) is 4.71. The summed E-state index contributed by atoms with van der Waals surface area (Å²) in [5.41, 5.74) is 2.39. The van der Waals surface area contributed by atoms with Gasteiger partial charge in [0.15, 0.2) is 0 Å². The van der Waals surface area contributed by atoms with Crippen LogP contribution in [0.1, 0.15) is 19.3 Å². The van der Waals surface area contributed by atoms with Crippen molar-refractivity contribution in [3.05, 3.63) is 24.3 Å². The summed E-state index contributed by atoms with van der Waals surface area (Å²) < 4.78 is 5.74. The van der Waals surface area contributed by atoms with Gasteiger partial charge in [-0.05, 0) is 12.1 Å². The van der Waals surface area contributed by atoms with Crippen LogP contribution in [0.15, 0.2) is 29.4 Å². The molecule has 1 aromatic rings. The van der Waals surface area contributed by atoms with Gasteiger partial charge in [0.2, 0.25) is 0 Å². The molecule has 0 aliphatic carbocycles. The fourth-order valence-corrected chi connectivity index (χ4v) is 2.40. The number of hydrogen-bond donors (Lipinski definition) is 1. The third-order valence-electron chi connectivity index (χ3n) is 3.36. The molecule has 0 bridgehead atoms. The first kappa shape index (κ1) is 11.5. The Morgan fingerprint density at radius 3 is 2.89 bits per heavy atom. The summed E-state index contributed by atoms with van der Waals surface area (Å²) in [6.45, 7) is 3.81. The summed E-state index contributed by atoms with van der Waals surface area (Å²) in [5, 5.41) is 10.3. The smallest absolute Gasteiger partial charge is 0.144 e. The minimum Gasteiger partial charge on any atom is -0.491 e. The van der Waals surface area contributed by atoms with Gasteiger partial charge in [0.1, 0.15) is 11.4 Å². The molecule has 0 atom stereocenters. The number of rotatable bonds is 1. The third kappa shape index (κ3) is 2.48. The fourth-order valence-electron chi connectivity index (χ4n) is 2.40. The van der Waals surface area contributed by atoms with Crippen molar-refractivity contribution in [1.29, 1.82) is 0 Å². The number of anilines is 1. The van der Waals surface area contributed by atoms with E-state index < -0.39 is 0 Å². The molecule has 0 spiro atoms. The maximum Gasteiger partial charge on any atom is 0.144 e. The van der Waals surface area contributed by atoms with E-state index in [4.69, 9.17) is 9.84 Å². The highest BCUT2D eigenvalue weighted by molar-refractivity contribution is 5.86. The van der Waals surface area contributed by atoms with E-state index in [1.165, 1.54) is 5.71 Å². The highest BCUT2D eigenvalue weighted by Crippen LogP contribution is 2.30. The van der Waals surface area contributed by atoms with E-state index in [0.717, 1.165) is 56.9 Å². The van der Waals surface area contributed by atoms with Crippen LogP contribution in [-0.4, -0.2) is 32.0 Å². The van der Waals surface area contributed by atoms with Gasteiger partial charge >= 0.3 is 0 Å². The number of piperidine rings is 1. The number of hydrazone groups is 1. The lowest BCUT2D eigenvalue weighted by Crippen LogP contribution is -2.30. The van der Waals surface area contributed by atoms with Crippen molar-refractivity contribution < 1.29 is 4.74 Å². The maximum absolute atomic E-state index is 5.74. The zero-order valence-electron chi connectivity index (χ0n) is 10.6. The van der Waals surface area contributed by atoms with Crippen molar-refractivity contribution in [3.63, 3.8) is 0 Å². The van der Waals surface area contributed by atoms with Gasteiger partial charge in [-0.15, -0.1) is 0 Å². The van der Waals surface area contributed by atoms with E-state index in [0.29, 0.717) is 0 Å². The Bertz CT molecular complexity index is 436. The van der Waals surface area contributed by atoms with Crippen LogP contribution in [0.4, 0.5) is 5.69 Å². The third-order valence-corrected chi connectivity index (χ3v) is 3.36. The van der Waals surface area contributed by atoms with Crippen LogP contribution in [0.25, 0.3) is 0 Å². The van der Waals surface area contributed by atoms with Crippen LogP contribution in [-0.2, 0) is 0 Å². The largest absolute Gasteiger partial charge is 0.491 e. The predicted octanol–water partition coefficient (Wildman–Crippen LogP) is 2.01. The average molecular weight is 245 g/mol. The lowest BCUT2D eigenvalue weighted by molar-refractivity contribution is 0.322. The van der Waals surface area contributed by atoms with Gasteiger partial charge in [-0.3, -0.25) is 5.01 Å². The summed E-state index contributed by atoms with van der Waals surface area (Å²) in [5.74, 6) is 0.952. The molecule has 0 aromatic heterocycles. The number of ether oxygens (including phenoxy) is 1. The quantitative estimate of drug-likeness (QED) is 0.822. The Labute approximate surface area is 108 Å². The second kappa shape index (κ2) is 5.40. The molecule has 4 nitrogen and oxygen atoms in total. The van der Waals surface area contributed by atoms with Crippen LogP contribution in [0.2, 0.25) is 0 Å². The summed E-state index contributed by atoms with van der Waals surface area (Å²) in [4.78, 5) is 0. The zero-order chi connectivity index (χ0) is 12.2. The lowest BCUT2D eigenvalue weighted by atomic mass is 10.1. The molecule has 0 radical (unpaired) electrons. The SMILES string of the molecule is c1ccc2c(c1)OCCCN2N=C1CCNCC1. The van der Waals surface area contributed by atoms with Gasteiger partial charge in [0.05, 0.1) is 6.61 Å². The molecule has 1 aromatic carbocycles. The van der Waals surface area contributed by atoms with Crippen LogP contribution in [0.3, 0.4) is 0 Å². The highest BCUT2D eigenvalue weighted by Gasteiger charge is 2.16. The molecular formula is C14H19N3O. The van der Waals surface area contributed by atoms with Crippen LogP contribution in [0.5, 0.6) is 5.75 Å². The van der Waals surface area contributed by atoms with E-state index >= 15 is 0 Å². The minimum atomic E-state index is 0.778. The molecule has 96 valence electrons. The van der Waals surface area contributed by atoms with Crippen molar-refractivity contribution in [2.45, 2.75) is 19.3 Å². The van der Waals surface area contributed by atoms with Gasteiger partial charge in [0.25, 0.3) is 0 Å². The Kier molecular flexibility index (Phi) is 3.46. The van der Waals surface area contributed by atoms with Crippen LogP contribution >= 0.6 is 0 Å². The molecule has 1 saturated heterocycles. The number of nitrogens with zero attached hydrogens (tertiary/aromatic N) is 2. The van der Waals surface area contributed by atoms with Gasteiger partial charge in [-0.25, -0.2) is 0 Å². The van der Waals surface area contributed by atoms with E-state index in [1.54, 1.807) is 0 Å². The molecule has 1 N–H and O–H groups in total. The molecule has 4 heteroatoms. The number of hydrogen-bond acceptors (Lipinski definition) is 4. The lowest BCUT2D eigenvalue weighted by Gasteiger charge is -2.22. The maximum atomic E-state index is 5.74. The summed E-state index contributed by atoms with van der Waals surface area (Å²) in [7, 11) is 0. The zero-order valence-corrected chi connectivity index (χ0v) is 10.6. The highest BCUT2D eigenvalue weighted by atomic mass is 16.5. The first-order valence-corrected chi connectivity index (χ1v) is 6.70. The average Bonchev–Trinajstić information content (AvgIpc) is 2.63. The molecule has 18 heavy (non-hydrogen) atoms. The van der Waals surface area contributed by atoms with Gasteiger partial charge in [-0.2, -0.15) is 5.10 Å². The number of nitrogens with one attached hydrogen (secondary N) is 1. The topological polar surface area (TPSA) is 36.9 Å².